The highest BCUT2D eigenvalue weighted by Crippen LogP contribution is 2.65. The Bertz CT molecular complexity index is 1750. The fourth-order valence-electron chi connectivity index (χ4n) is 6.86. The van der Waals surface area contributed by atoms with E-state index in [1.54, 1.807) is 0 Å². The van der Waals surface area contributed by atoms with E-state index >= 15 is 0 Å². The van der Waals surface area contributed by atoms with Gasteiger partial charge in [0.15, 0.2) is 0 Å². The Labute approximate surface area is 259 Å². The van der Waals surface area contributed by atoms with E-state index in [1.165, 1.54) is 36.0 Å². The summed E-state index contributed by atoms with van der Waals surface area (Å²) in [6.45, 7) is 5.74. The van der Waals surface area contributed by atoms with E-state index in [2.05, 4.69) is 94.9 Å². The van der Waals surface area contributed by atoms with Crippen LogP contribution in [0.1, 0.15) is 73.4 Å². The number of alkyl halides is 3. The number of carbonyl (C=O) groups excluding carboxylic acids is 1. The largest absolute Gasteiger partial charge is 0.490 e. The van der Waals surface area contributed by atoms with E-state index in [0.717, 1.165) is 40.8 Å². The van der Waals surface area contributed by atoms with Gasteiger partial charge in [0.1, 0.15) is 0 Å². The molecule has 3 N–H and O–H groups in total. The van der Waals surface area contributed by atoms with Crippen LogP contribution >= 0.6 is 0 Å². The number of nitrogens with one attached hydrogen (secondary N) is 2. The van der Waals surface area contributed by atoms with E-state index in [4.69, 9.17) is 9.90 Å². The topological polar surface area (TPSA) is 98.3 Å². The number of hydrogen-bond donors (Lipinski definition) is 3. The Morgan fingerprint density at radius 2 is 1.73 bits per heavy atom. The number of H-pyrrole nitrogens is 1. The lowest BCUT2D eigenvalue weighted by molar-refractivity contribution is -0.192. The SMILES string of the molecule is C[C@@H]1CCC[C@H](C)N1Cc1ccc(/C=C/c2n[nH]c3cc([C@@H]4C[C@@]45C(=O)Nc4ccccc45)ccc23)cc1.O=C(O)C(F)(F)F. The molecule has 1 spiro atoms. The van der Waals surface area contributed by atoms with Crippen molar-refractivity contribution < 1.29 is 27.9 Å². The molecule has 1 saturated carbocycles. The summed E-state index contributed by atoms with van der Waals surface area (Å²) in [7, 11) is 0. The standard InChI is InChI=1S/C33H34N4O.C2HF3O2/c1-21-6-5-7-22(2)37(21)20-24-12-10-23(11-13-24)14-17-29-26-16-15-25(18-31(26)36-35-29)28-19-33(28)27-8-3-4-9-30(27)34-32(33)38;3-2(4,5)1(6)7/h3-4,8-18,21-22,28H,5-7,19-20H2,1-2H3,(H,34,38)(H,35,36);(H,6,7)/b17-14+;/t21-,22+,28-,33-;/m0./s1. The molecule has 1 saturated heterocycles. The van der Waals surface area contributed by atoms with Gasteiger partial charge in [-0.05, 0) is 73.6 Å². The van der Waals surface area contributed by atoms with Crippen molar-refractivity contribution in [3.8, 4) is 0 Å². The van der Waals surface area contributed by atoms with Crippen LogP contribution in [-0.4, -0.2) is 50.3 Å². The Hall–Kier alpha value is -4.44. The fourth-order valence-corrected chi connectivity index (χ4v) is 6.86. The molecule has 1 aromatic heterocycles. The average molecular weight is 617 g/mol. The number of benzene rings is 3. The summed E-state index contributed by atoms with van der Waals surface area (Å²) in [4.78, 5) is 24.4. The van der Waals surface area contributed by atoms with Crippen LogP contribution in [0.4, 0.5) is 18.9 Å². The second-order valence-corrected chi connectivity index (χ2v) is 12.3. The maximum atomic E-state index is 12.9. The number of carbonyl (C=O) groups is 2. The third-order valence-electron chi connectivity index (χ3n) is 9.44. The van der Waals surface area contributed by atoms with Crippen LogP contribution in [0.3, 0.4) is 0 Å². The molecule has 7 nitrogen and oxygen atoms in total. The minimum atomic E-state index is -5.08. The lowest BCUT2D eigenvalue weighted by Gasteiger charge is -2.39. The highest BCUT2D eigenvalue weighted by atomic mass is 19.4. The van der Waals surface area contributed by atoms with Gasteiger partial charge in [-0.2, -0.15) is 18.3 Å². The lowest BCUT2D eigenvalue weighted by Crippen LogP contribution is -2.42. The van der Waals surface area contributed by atoms with Crippen LogP contribution < -0.4 is 5.32 Å². The Morgan fingerprint density at radius 1 is 1.04 bits per heavy atom. The number of amides is 1. The number of piperidine rings is 1. The highest BCUT2D eigenvalue weighted by molar-refractivity contribution is 6.09. The zero-order chi connectivity index (χ0) is 31.9. The number of likely N-dealkylation sites (tertiary alicyclic amines) is 1. The van der Waals surface area contributed by atoms with Crippen molar-refractivity contribution in [3.63, 3.8) is 0 Å². The molecule has 2 aliphatic heterocycles. The summed E-state index contributed by atoms with van der Waals surface area (Å²) in [5.41, 5.74) is 7.36. The predicted octanol–water partition coefficient (Wildman–Crippen LogP) is 7.51. The zero-order valence-electron chi connectivity index (χ0n) is 25.1. The van der Waals surface area contributed by atoms with E-state index in [1.807, 2.05) is 18.2 Å². The quantitative estimate of drug-likeness (QED) is 0.216. The van der Waals surface area contributed by atoms with Gasteiger partial charge in [0.05, 0.1) is 16.6 Å². The molecule has 0 radical (unpaired) electrons. The number of carboxylic acids is 1. The first-order valence-electron chi connectivity index (χ1n) is 15.2. The number of rotatable bonds is 5. The Balaban J connectivity index is 0.000000460. The van der Waals surface area contributed by atoms with E-state index < -0.39 is 17.6 Å². The van der Waals surface area contributed by atoms with Crippen LogP contribution in [0.5, 0.6) is 0 Å². The molecule has 234 valence electrons. The number of para-hydroxylation sites is 1. The van der Waals surface area contributed by atoms with E-state index in [0.29, 0.717) is 12.1 Å². The minimum Gasteiger partial charge on any atom is -0.475 e. The molecule has 2 fully saturated rings. The maximum absolute atomic E-state index is 12.9. The van der Waals surface area contributed by atoms with Gasteiger partial charge in [-0.15, -0.1) is 0 Å². The molecule has 0 bridgehead atoms. The number of anilines is 1. The molecule has 10 heteroatoms. The van der Waals surface area contributed by atoms with Crippen LogP contribution in [0.25, 0.3) is 23.1 Å². The molecule has 3 aliphatic rings. The van der Waals surface area contributed by atoms with Crippen molar-refractivity contribution in [2.75, 3.05) is 5.32 Å². The minimum absolute atomic E-state index is 0.128. The molecule has 4 atom stereocenters. The summed E-state index contributed by atoms with van der Waals surface area (Å²) in [5.74, 6) is -2.43. The van der Waals surface area contributed by atoms with Gasteiger partial charge < -0.3 is 10.4 Å². The monoisotopic (exact) mass is 616 g/mol. The molecule has 4 aromatic rings. The summed E-state index contributed by atoms with van der Waals surface area (Å²) >= 11 is 0. The molecular formula is C35H35F3N4O3. The Kier molecular flexibility index (Phi) is 8.03. The smallest absolute Gasteiger partial charge is 0.475 e. The molecule has 1 aliphatic carbocycles. The van der Waals surface area contributed by atoms with Gasteiger partial charge in [-0.25, -0.2) is 4.79 Å². The van der Waals surface area contributed by atoms with Crippen LogP contribution in [0.2, 0.25) is 0 Å². The van der Waals surface area contributed by atoms with Gasteiger partial charge in [0.25, 0.3) is 0 Å². The first-order chi connectivity index (χ1) is 21.5. The van der Waals surface area contributed by atoms with Crippen molar-refractivity contribution >= 4 is 40.6 Å². The Morgan fingerprint density at radius 3 is 2.42 bits per heavy atom. The van der Waals surface area contributed by atoms with Gasteiger partial charge in [-0.3, -0.25) is 14.8 Å². The summed E-state index contributed by atoms with van der Waals surface area (Å²) in [6.07, 6.45) is 3.94. The van der Waals surface area contributed by atoms with Crippen molar-refractivity contribution in [2.45, 2.75) is 75.7 Å². The lowest BCUT2D eigenvalue weighted by atomic mass is 9.92. The van der Waals surface area contributed by atoms with Gasteiger partial charge in [0.2, 0.25) is 5.91 Å². The molecule has 0 unspecified atom stereocenters. The molecule has 3 aromatic carbocycles. The second-order valence-electron chi connectivity index (χ2n) is 12.3. The molecule has 3 heterocycles. The van der Waals surface area contributed by atoms with Gasteiger partial charge >= 0.3 is 12.1 Å². The molecular weight excluding hydrogens is 581 g/mol. The summed E-state index contributed by atoms with van der Waals surface area (Å²) < 4.78 is 31.7. The summed E-state index contributed by atoms with van der Waals surface area (Å²) in [6, 6.07) is 24.8. The number of nitrogens with zero attached hydrogens (tertiary/aromatic N) is 2. The van der Waals surface area contributed by atoms with Crippen LogP contribution in [0.15, 0.2) is 66.7 Å². The van der Waals surface area contributed by atoms with Crippen molar-refractivity contribution in [3.05, 3.63) is 94.7 Å². The van der Waals surface area contributed by atoms with Crippen molar-refractivity contribution in [1.29, 1.82) is 0 Å². The third-order valence-corrected chi connectivity index (χ3v) is 9.44. The third kappa shape index (κ3) is 5.99. The van der Waals surface area contributed by atoms with Gasteiger partial charge in [0, 0.05) is 35.6 Å². The van der Waals surface area contributed by atoms with Crippen molar-refractivity contribution in [1.82, 2.24) is 15.1 Å². The predicted molar refractivity (Wildman–Crippen MR) is 168 cm³/mol. The molecule has 7 rings (SSSR count). The first kappa shape index (κ1) is 30.6. The molecule has 1 amide bonds. The second kappa shape index (κ2) is 11.8. The van der Waals surface area contributed by atoms with Gasteiger partial charge in [-0.1, -0.05) is 67.1 Å². The number of halogens is 3. The number of carboxylic acid groups (broad SMARTS) is 1. The highest BCUT2D eigenvalue weighted by Gasteiger charge is 2.65. The maximum Gasteiger partial charge on any atom is 0.490 e. The normalized spacial score (nSPS) is 24.4. The molecule has 45 heavy (non-hydrogen) atoms. The summed E-state index contributed by atoms with van der Waals surface area (Å²) in [5, 5.41) is 19.1. The number of fused-ring (bicyclic) bond motifs is 3. The van der Waals surface area contributed by atoms with Crippen molar-refractivity contribution in [2.24, 2.45) is 0 Å². The van der Waals surface area contributed by atoms with E-state index in [-0.39, 0.29) is 11.8 Å². The first-order valence-corrected chi connectivity index (χ1v) is 15.2. The van der Waals surface area contributed by atoms with E-state index in [9.17, 15) is 18.0 Å². The van der Waals surface area contributed by atoms with Crippen LogP contribution in [-0.2, 0) is 21.5 Å². The zero-order valence-corrected chi connectivity index (χ0v) is 25.1. The number of aliphatic carboxylic acids is 1. The fraction of sp³-hybridized carbons (Fsp3) is 0.343. The number of hydrogen-bond acceptors (Lipinski definition) is 4. The number of aromatic amines is 1. The average Bonchev–Trinajstić information content (AvgIpc) is 3.54. The van der Waals surface area contributed by atoms with Crippen LogP contribution in [0, 0.1) is 0 Å². The number of aromatic nitrogens is 2.